The minimum atomic E-state index is -4.76. The molecule has 1 aliphatic rings. The maximum atomic E-state index is 13.8. The van der Waals surface area contributed by atoms with Gasteiger partial charge >= 0.3 is 6.18 Å². The first kappa shape index (κ1) is 24.4. The molecule has 0 fully saturated rings. The topological polar surface area (TPSA) is 78.0 Å². The first-order valence-corrected chi connectivity index (χ1v) is 11.7. The molecule has 1 amide bonds. The summed E-state index contributed by atoms with van der Waals surface area (Å²) in [5.74, 6) is -1.19. The molecule has 0 bridgehead atoms. The van der Waals surface area contributed by atoms with Crippen LogP contribution in [-0.4, -0.2) is 21.5 Å². The molecule has 3 aromatic rings. The number of halogens is 4. The zero-order chi connectivity index (χ0) is 25.0. The van der Waals surface area contributed by atoms with E-state index in [1.807, 2.05) is 39.0 Å². The molecule has 2 aromatic carbocycles. The van der Waals surface area contributed by atoms with Crippen LogP contribution in [0.5, 0.6) is 0 Å². The van der Waals surface area contributed by atoms with Gasteiger partial charge in [-0.25, -0.2) is 4.68 Å². The lowest BCUT2D eigenvalue weighted by Crippen LogP contribution is -2.29. The van der Waals surface area contributed by atoms with Crippen molar-refractivity contribution in [3.8, 4) is 5.69 Å². The van der Waals surface area contributed by atoms with Crippen molar-refractivity contribution in [3.05, 3.63) is 79.2 Å². The van der Waals surface area contributed by atoms with E-state index in [-0.39, 0.29) is 29.7 Å². The Hall–Kier alpha value is -2.69. The summed E-state index contributed by atoms with van der Waals surface area (Å²) in [4.78, 5) is 24.8. The number of carbonyl (C=O) groups is 2. The highest BCUT2D eigenvalue weighted by atomic mass is 131. The van der Waals surface area contributed by atoms with Crippen molar-refractivity contribution in [1.82, 2.24) is 9.78 Å². The lowest BCUT2D eigenvalue weighted by molar-refractivity contribution is -0.141. The summed E-state index contributed by atoms with van der Waals surface area (Å²) in [6, 6.07) is 10.6. The monoisotopic (exact) mass is 585 g/mol. The number of carbonyl (C=O) groups excluding carboxylic acids is 2. The Morgan fingerprint density at radius 1 is 1.18 bits per heavy atom. The van der Waals surface area contributed by atoms with E-state index in [0.717, 1.165) is 14.7 Å². The Labute approximate surface area is 208 Å². The van der Waals surface area contributed by atoms with Crippen molar-refractivity contribution >= 4 is 34.3 Å². The van der Waals surface area contributed by atoms with Crippen molar-refractivity contribution in [2.75, 3.05) is 0 Å². The predicted octanol–water partition coefficient (Wildman–Crippen LogP) is 5.65. The number of benzene rings is 2. The fourth-order valence-electron chi connectivity index (χ4n) is 4.42. The molecule has 1 heterocycles. The molecule has 0 radical (unpaired) electrons. The number of alkyl halides is 3. The first-order chi connectivity index (χ1) is 15.8. The highest BCUT2D eigenvalue weighted by Gasteiger charge is 2.45. The summed E-state index contributed by atoms with van der Waals surface area (Å²) in [7, 11) is 0. The zero-order valence-corrected chi connectivity index (χ0v) is 21.0. The third-order valence-corrected chi connectivity index (χ3v) is 7.21. The number of nitrogens with two attached hydrogens (primary N) is 1. The Balaban J connectivity index is 1.88. The number of amides is 1. The molecule has 34 heavy (non-hydrogen) atoms. The maximum Gasteiger partial charge on any atom is 0.435 e. The fourth-order valence-corrected chi connectivity index (χ4v) is 5.00. The molecule has 178 valence electrons. The van der Waals surface area contributed by atoms with Crippen LogP contribution >= 0.6 is 22.6 Å². The molecule has 0 atom stereocenters. The number of ketones is 1. The number of nitrogens with zero attached hydrogens (tertiary/aromatic N) is 2. The van der Waals surface area contributed by atoms with Crippen molar-refractivity contribution in [3.63, 3.8) is 0 Å². The largest absolute Gasteiger partial charge is 0.435 e. The summed E-state index contributed by atoms with van der Waals surface area (Å²) in [6.07, 6.45) is -4.11. The molecule has 9 heteroatoms. The highest BCUT2D eigenvalue weighted by molar-refractivity contribution is 14.1. The average Bonchev–Trinajstić information content (AvgIpc) is 3.09. The minimum Gasteiger partial charge on any atom is -0.366 e. The predicted molar refractivity (Wildman–Crippen MR) is 130 cm³/mol. The first-order valence-electron chi connectivity index (χ1n) is 10.7. The van der Waals surface area contributed by atoms with Crippen LogP contribution in [0.2, 0.25) is 0 Å². The maximum absolute atomic E-state index is 13.8. The van der Waals surface area contributed by atoms with Crippen molar-refractivity contribution < 1.29 is 22.8 Å². The van der Waals surface area contributed by atoms with E-state index >= 15 is 0 Å². The van der Waals surface area contributed by atoms with Gasteiger partial charge < -0.3 is 5.73 Å². The molecule has 0 unspecified atom stereocenters. The molecule has 4 rings (SSSR count). The van der Waals surface area contributed by atoms with Crippen molar-refractivity contribution in [1.29, 1.82) is 0 Å². The summed E-state index contributed by atoms with van der Waals surface area (Å²) < 4.78 is 43.6. The van der Waals surface area contributed by atoms with Crippen molar-refractivity contribution in [2.45, 2.75) is 46.2 Å². The second-order valence-corrected chi connectivity index (χ2v) is 10.6. The van der Waals surface area contributed by atoms with Gasteiger partial charge in [0.25, 0.3) is 0 Å². The molecule has 1 aliphatic carbocycles. The SMILES string of the molecule is Cc1ccc(Cc2cc(-n3nc(C(F)(F)F)c4c3CC(C)(C)CC4=O)ccc2C(N)=O)cc1[131I]. The lowest BCUT2D eigenvalue weighted by Gasteiger charge is -2.29. The fraction of sp³-hybridized carbons (Fsp3) is 0.320. The Kier molecular flexibility index (Phi) is 6.12. The van der Waals surface area contributed by atoms with Crippen molar-refractivity contribution in [2.24, 2.45) is 11.1 Å². The molecule has 0 saturated heterocycles. The third kappa shape index (κ3) is 4.62. The van der Waals surface area contributed by atoms with Crippen LogP contribution in [0.25, 0.3) is 5.69 Å². The zero-order valence-electron chi connectivity index (χ0n) is 18.9. The van der Waals surface area contributed by atoms with Crippen LogP contribution in [0.4, 0.5) is 13.2 Å². The number of rotatable bonds is 4. The molecule has 1 aromatic heterocycles. The number of fused-ring (bicyclic) bond motifs is 1. The van der Waals surface area contributed by atoms with Gasteiger partial charge in [-0.3, -0.25) is 9.59 Å². The summed E-state index contributed by atoms with van der Waals surface area (Å²) in [5, 5.41) is 3.85. The van der Waals surface area contributed by atoms with E-state index in [0.29, 0.717) is 17.7 Å². The third-order valence-electron chi connectivity index (χ3n) is 6.04. The Morgan fingerprint density at radius 2 is 1.88 bits per heavy atom. The molecular formula is C25H23F3IN3O2. The molecule has 2 N–H and O–H groups in total. The van der Waals surface area contributed by atoms with E-state index in [9.17, 15) is 22.8 Å². The Morgan fingerprint density at radius 3 is 2.50 bits per heavy atom. The second-order valence-electron chi connectivity index (χ2n) is 9.49. The smallest absolute Gasteiger partial charge is 0.366 e. The number of primary amides is 1. The Bertz CT molecular complexity index is 1330. The molecule has 0 spiro atoms. The molecule has 5 nitrogen and oxygen atoms in total. The van der Waals surface area contributed by atoms with E-state index < -0.39 is 29.0 Å². The van der Waals surface area contributed by atoms with E-state index in [1.165, 1.54) is 16.8 Å². The van der Waals surface area contributed by atoms with Gasteiger partial charge in [0.1, 0.15) is 0 Å². The number of aryl methyl sites for hydroxylation is 1. The van der Waals surface area contributed by atoms with Gasteiger partial charge in [0, 0.05) is 15.6 Å². The molecular weight excluding hydrogens is 562 g/mol. The van der Waals surface area contributed by atoms with Crippen LogP contribution in [0.3, 0.4) is 0 Å². The standard InChI is InChI=1S/C25H23F3IN3O2/c1-13-4-5-14(9-18(13)29)8-15-10-16(6-7-17(15)23(30)34)32-19-11-24(2,3)12-20(33)21(19)22(31-32)25(26,27)28/h4-7,9-10H,8,11-12H2,1-3H3,(H2,30,34)/i29+4. The number of Topliss-reactive ketones (excluding diaryl/α,β-unsaturated/α-hetero) is 1. The van der Waals surface area contributed by atoms with Crippen LogP contribution in [0, 0.1) is 15.9 Å². The van der Waals surface area contributed by atoms with Gasteiger partial charge in [-0.05, 0) is 88.7 Å². The average molecular weight is 585 g/mol. The van der Waals surface area contributed by atoms with Gasteiger partial charge in [-0.1, -0.05) is 26.0 Å². The van der Waals surface area contributed by atoms with Gasteiger partial charge in [-0.15, -0.1) is 0 Å². The normalized spacial score (nSPS) is 15.3. The van der Waals surface area contributed by atoms with Crippen LogP contribution < -0.4 is 5.73 Å². The van der Waals surface area contributed by atoms with Gasteiger partial charge in [-0.2, -0.15) is 18.3 Å². The number of hydrogen-bond donors (Lipinski definition) is 1. The second kappa shape index (κ2) is 8.51. The van der Waals surface area contributed by atoms with Crippen LogP contribution in [0.1, 0.15) is 69.1 Å². The number of hydrogen-bond acceptors (Lipinski definition) is 3. The minimum absolute atomic E-state index is 0.0205. The van der Waals surface area contributed by atoms with Gasteiger partial charge in [0.15, 0.2) is 11.5 Å². The number of aromatic nitrogens is 2. The van der Waals surface area contributed by atoms with Crippen LogP contribution in [0.15, 0.2) is 36.4 Å². The summed E-state index contributed by atoms with van der Waals surface area (Å²) in [6.45, 7) is 5.68. The van der Waals surface area contributed by atoms with E-state index in [2.05, 4.69) is 27.7 Å². The van der Waals surface area contributed by atoms with Crippen LogP contribution in [-0.2, 0) is 19.0 Å². The molecule has 0 aliphatic heterocycles. The van der Waals surface area contributed by atoms with Gasteiger partial charge in [0.05, 0.1) is 16.9 Å². The highest BCUT2D eigenvalue weighted by Crippen LogP contribution is 2.42. The summed E-state index contributed by atoms with van der Waals surface area (Å²) in [5.41, 5.74) is 7.04. The summed E-state index contributed by atoms with van der Waals surface area (Å²) >= 11 is 2.23. The van der Waals surface area contributed by atoms with E-state index in [1.54, 1.807) is 6.07 Å². The quantitative estimate of drug-likeness (QED) is 0.403. The van der Waals surface area contributed by atoms with Gasteiger partial charge in [0.2, 0.25) is 5.91 Å². The molecule has 0 saturated carbocycles. The lowest BCUT2D eigenvalue weighted by atomic mass is 9.75. The van der Waals surface area contributed by atoms with E-state index in [4.69, 9.17) is 5.73 Å².